The molecule has 0 spiro atoms. The topological polar surface area (TPSA) is 82.0 Å². The van der Waals surface area contributed by atoms with Crippen molar-refractivity contribution in [2.24, 2.45) is 12.0 Å². The third kappa shape index (κ3) is 1.79. The van der Waals surface area contributed by atoms with Crippen molar-refractivity contribution in [1.29, 1.82) is 0 Å². The Morgan fingerprint density at radius 1 is 1.38 bits per heavy atom. The Hall–Kier alpha value is -2.22. The molecule has 21 heavy (non-hydrogen) atoms. The van der Waals surface area contributed by atoms with Crippen molar-refractivity contribution in [2.45, 2.75) is 19.4 Å². The molecule has 1 saturated heterocycles. The summed E-state index contributed by atoms with van der Waals surface area (Å²) >= 11 is 0. The molecule has 0 aliphatic carbocycles. The van der Waals surface area contributed by atoms with Gasteiger partial charge in [0, 0.05) is 20.2 Å². The molecule has 112 valence electrons. The number of hydrogen-bond acceptors (Lipinski definition) is 4. The van der Waals surface area contributed by atoms with Crippen molar-refractivity contribution in [3.05, 3.63) is 11.9 Å². The Morgan fingerprint density at radius 3 is 2.76 bits per heavy atom. The number of likely N-dealkylation sites (N-methyl/N-ethyl adjacent to an activating group) is 1. The molecule has 1 N–H and O–H groups in total. The molecule has 1 fully saturated rings. The molecule has 3 heterocycles. The summed E-state index contributed by atoms with van der Waals surface area (Å²) in [6.07, 6.45) is 2.23. The zero-order valence-electron chi connectivity index (χ0n) is 12.3. The second-order valence-electron chi connectivity index (χ2n) is 5.32. The lowest BCUT2D eigenvalue weighted by molar-refractivity contribution is -0.677. The first-order valence-corrected chi connectivity index (χ1v) is 6.83. The van der Waals surface area contributed by atoms with Gasteiger partial charge in [-0.3, -0.25) is 14.6 Å². The number of urea groups is 1. The van der Waals surface area contributed by atoms with Gasteiger partial charge < -0.3 is 5.11 Å². The molecule has 1 unspecified atom stereocenters. The minimum absolute atomic E-state index is 0.0603. The van der Waals surface area contributed by atoms with E-state index >= 15 is 0 Å². The number of aromatic nitrogens is 2. The van der Waals surface area contributed by atoms with Crippen molar-refractivity contribution in [3.63, 3.8) is 0 Å². The fourth-order valence-electron chi connectivity index (χ4n) is 2.73. The fourth-order valence-corrected chi connectivity index (χ4v) is 2.73. The third-order valence-electron chi connectivity index (χ3n) is 4.02. The average Bonchev–Trinajstić information content (AvgIpc) is 2.95. The number of aliphatic hydroxyl groups excluding tert-OH is 1. The quantitative estimate of drug-likeness (QED) is 0.761. The molecule has 1 aromatic heterocycles. The van der Waals surface area contributed by atoms with Crippen LogP contribution in [0.4, 0.5) is 10.7 Å². The van der Waals surface area contributed by atoms with E-state index in [1.807, 2.05) is 24.7 Å². The number of carbonyl (C=O) groups is 2. The van der Waals surface area contributed by atoms with Gasteiger partial charge in [-0.2, -0.15) is 0 Å². The number of imide groups is 1. The summed E-state index contributed by atoms with van der Waals surface area (Å²) in [5.74, 6) is 0.819. The summed E-state index contributed by atoms with van der Waals surface area (Å²) in [5, 5.41) is 8.93. The molecular formula is C13H18N5O3+. The number of aryl methyl sites for hydroxylation is 1. The first-order valence-electron chi connectivity index (χ1n) is 6.83. The lowest BCUT2D eigenvalue weighted by Gasteiger charge is -2.32. The number of rotatable bonds is 3. The zero-order chi connectivity index (χ0) is 15.3. The van der Waals surface area contributed by atoms with Gasteiger partial charge in [-0.15, -0.1) is 0 Å². The van der Waals surface area contributed by atoms with Crippen LogP contribution in [0.25, 0.3) is 0 Å². The Labute approximate surface area is 121 Å². The molecule has 0 aromatic carbocycles. The summed E-state index contributed by atoms with van der Waals surface area (Å²) in [7, 11) is 3.49. The number of nitrogens with zero attached hydrogens (tertiary/aromatic N) is 5. The van der Waals surface area contributed by atoms with Gasteiger partial charge in [0.25, 0.3) is 5.91 Å². The maximum atomic E-state index is 12.6. The highest BCUT2D eigenvalue weighted by molar-refractivity contribution is 6.19. The van der Waals surface area contributed by atoms with E-state index in [2.05, 4.69) is 4.99 Å². The van der Waals surface area contributed by atoms with E-state index in [4.69, 9.17) is 5.11 Å². The first-order chi connectivity index (χ1) is 9.97. The Kier molecular flexibility index (Phi) is 3.05. The van der Waals surface area contributed by atoms with Crippen molar-refractivity contribution >= 4 is 23.7 Å². The summed E-state index contributed by atoms with van der Waals surface area (Å²) in [4.78, 5) is 31.9. The summed E-state index contributed by atoms with van der Waals surface area (Å²) in [5.41, 5.74) is 0.988. The number of hydrogen-bond donors (Lipinski definition) is 1. The number of imidazole rings is 1. The van der Waals surface area contributed by atoms with Crippen LogP contribution in [0.1, 0.15) is 18.2 Å². The van der Waals surface area contributed by atoms with E-state index in [9.17, 15) is 9.59 Å². The molecule has 0 saturated carbocycles. The van der Waals surface area contributed by atoms with Gasteiger partial charge in [0.2, 0.25) is 11.9 Å². The number of amidine groups is 1. The van der Waals surface area contributed by atoms with Gasteiger partial charge in [0.1, 0.15) is 11.9 Å². The molecule has 1 aromatic rings. The highest BCUT2D eigenvalue weighted by Gasteiger charge is 2.52. The molecule has 3 amide bonds. The highest BCUT2D eigenvalue weighted by atomic mass is 16.3. The number of aliphatic imine (C=N–C) groups is 1. The van der Waals surface area contributed by atoms with Crippen LogP contribution in [0.5, 0.6) is 0 Å². The number of amides is 3. The van der Waals surface area contributed by atoms with E-state index < -0.39 is 12.1 Å². The van der Waals surface area contributed by atoms with E-state index in [0.717, 1.165) is 5.69 Å². The molecule has 0 radical (unpaired) electrons. The molecule has 0 bridgehead atoms. The van der Waals surface area contributed by atoms with Gasteiger partial charge in [-0.25, -0.2) is 13.9 Å². The standard InChI is InChI=1S/C13H18N5O3/c1-8-7-18-9-10(14-12(18)15(8)2)16(3)13(21)17(11(9)20)5-4-6-19/h7,9,19H,4-6H2,1-3H3/q+1. The molecular weight excluding hydrogens is 274 g/mol. The Bertz CT molecular complexity index is 663. The molecule has 2 aliphatic rings. The van der Waals surface area contributed by atoms with Crippen LogP contribution < -0.4 is 4.57 Å². The van der Waals surface area contributed by atoms with E-state index in [0.29, 0.717) is 18.2 Å². The molecule has 8 nitrogen and oxygen atoms in total. The van der Waals surface area contributed by atoms with Crippen LogP contribution in [-0.4, -0.2) is 57.4 Å². The second kappa shape index (κ2) is 4.66. The molecule has 3 rings (SSSR count). The predicted octanol–water partition coefficient (Wildman–Crippen LogP) is -0.518. The fraction of sp³-hybridized carbons (Fsp3) is 0.538. The van der Waals surface area contributed by atoms with Crippen LogP contribution in [0.15, 0.2) is 11.2 Å². The highest BCUT2D eigenvalue weighted by Crippen LogP contribution is 2.28. The van der Waals surface area contributed by atoms with E-state index in [1.165, 1.54) is 9.80 Å². The van der Waals surface area contributed by atoms with Crippen molar-refractivity contribution in [3.8, 4) is 0 Å². The summed E-state index contributed by atoms with van der Waals surface area (Å²) < 4.78 is 3.68. The second-order valence-corrected chi connectivity index (χ2v) is 5.32. The van der Waals surface area contributed by atoms with Gasteiger partial charge >= 0.3 is 12.0 Å². The van der Waals surface area contributed by atoms with Crippen molar-refractivity contribution < 1.29 is 19.3 Å². The van der Waals surface area contributed by atoms with Gasteiger partial charge in [-0.05, 0) is 13.3 Å². The summed E-state index contributed by atoms with van der Waals surface area (Å²) in [6, 6.07) is -0.991. The lowest BCUT2D eigenvalue weighted by Crippen LogP contribution is -2.62. The number of aliphatic hydroxyl groups is 1. The number of fused-ring (bicyclic) bond motifs is 3. The number of carbonyl (C=O) groups excluding carboxylic acids is 2. The molecule has 1 atom stereocenters. The third-order valence-corrected chi connectivity index (χ3v) is 4.02. The van der Waals surface area contributed by atoms with Crippen molar-refractivity contribution in [1.82, 2.24) is 14.4 Å². The van der Waals surface area contributed by atoms with Crippen LogP contribution in [0.2, 0.25) is 0 Å². The van der Waals surface area contributed by atoms with Crippen LogP contribution in [0, 0.1) is 6.92 Å². The van der Waals surface area contributed by atoms with Crippen LogP contribution in [0.3, 0.4) is 0 Å². The van der Waals surface area contributed by atoms with E-state index in [-0.39, 0.29) is 19.1 Å². The maximum absolute atomic E-state index is 12.6. The van der Waals surface area contributed by atoms with Crippen molar-refractivity contribution in [2.75, 3.05) is 20.2 Å². The van der Waals surface area contributed by atoms with Crippen LogP contribution >= 0.6 is 0 Å². The monoisotopic (exact) mass is 292 g/mol. The van der Waals surface area contributed by atoms with E-state index in [1.54, 1.807) is 11.6 Å². The summed E-state index contributed by atoms with van der Waals surface area (Å²) in [6.45, 7) is 2.09. The van der Waals surface area contributed by atoms with Gasteiger partial charge in [0.15, 0.2) is 0 Å². The Balaban J connectivity index is 2.03. The smallest absolute Gasteiger partial charge is 0.396 e. The lowest BCUT2D eigenvalue weighted by atomic mass is 10.1. The molecule has 8 heteroatoms. The minimum Gasteiger partial charge on any atom is -0.396 e. The first kappa shape index (κ1) is 13.7. The average molecular weight is 292 g/mol. The maximum Gasteiger partial charge on any atom is 0.401 e. The predicted molar refractivity (Wildman–Crippen MR) is 73.1 cm³/mol. The largest absolute Gasteiger partial charge is 0.401 e. The Morgan fingerprint density at radius 2 is 2.10 bits per heavy atom. The SMILES string of the molecule is Cc1c[n+]2c(n1C)N=C1C2C(=O)N(CCCO)C(=O)N1C. The van der Waals surface area contributed by atoms with Gasteiger partial charge in [0.05, 0.1) is 7.05 Å². The van der Waals surface area contributed by atoms with Gasteiger partial charge in [-0.1, -0.05) is 4.99 Å². The minimum atomic E-state index is -0.596. The zero-order valence-corrected chi connectivity index (χ0v) is 12.3. The van der Waals surface area contributed by atoms with Crippen LogP contribution in [-0.2, 0) is 11.8 Å². The molecule has 2 aliphatic heterocycles. The normalized spacial score (nSPS) is 20.8.